The van der Waals surface area contributed by atoms with Gasteiger partial charge < -0.3 is 4.74 Å². The summed E-state index contributed by atoms with van der Waals surface area (Å²) in [7, 11) is 1.64. The molecular formula is C18H21N3O2. The number of rotatable bonds is 3. The molecule has 0 aliphatic heterocycles. The second-order valence-corrected chi connectivity index (χ2v) is 6.07. The van der Waals surface area contributed by atoms with E-state index >= 15 is 0 Å². The van der Waals surface area contributed by atoms with E-state index in [0.29, 0.717) is 5.65 Å². The Morgan fingerprint density at radius 1 is 1.17 bits per heavy atom. The number of nitrogens with zero attached hydrogens (tertiary/aromatic N) is 2. The van der Waals surface area contributed by atoms with Gasteiger partial charge in [0.25, 0.3) is 5.56 Å². The summed E-state index contributed by atoms with van der Waals surface area (Å²) in [6, 6.07) is 7.77. The first-order valence-corrected chi connectivity index (χ1v) is 7.70. The summed E-state index contributed by atoms with van der Waals surface area (Å²) in [5.41, 5.74) is 5.06. The molecule has 0 saturated carbocycles. The molecule has 1 N–H and O–H groups in total. The van der Waals surface area contributed by atoms with Crippen LogP contribution in [0.25, 0.3) is 16.8 Å². The number of benzene rings is 1. The number of aryl methyl sites for hydroxylation is 2. The van der Waals surface area contributed by atoms with Crippen LogP contribution in [0, 0.1) is 13.8 Å². The Hall–Kier alpha value is -2.56. The topological polar surface area (TPSA) is 59.4 Å². The molecule has 0 atom stereocenters. The lowest BCUT2D eigenvalue weighted by Gasteiger charge is -2.09. The maximum atomic E-state index is 12.8. The van der Waals surface area contributed by atoms with Gasteiger partial charge in [0.05, 0.1) is 7.11 Å². The van der Waals surface area contributed by atoms with Gasteiger partial charge in [0.2, 0.25) is 0 Å². The maximum absolute atomic E-state index is 12.8. The van der Waals surface area contributed by atoms with Crippen LogP contribution >= 0.6 is 0 Å². The van der Waals surface area contributed by atoms with Crippen molar-refractivity contribution in [2.45, 2.75) is 33.6 Å². The van der Waals surface area contributed by atoms with Crippen LogP contribution in [0.3, 0.4) is 0 Å². The molecule has 1 aromatic carbocycles. The zero-order valence-corrected chi connectivity index (χ0v) is 14.1. The third-order valence-corrected chi connectivity index (χ3v) is 4.14. The Kier molecular flexibility index (Phi) is 3.72. The van der Waals surface area contributed by atoms with E-state index in [9.17, 15) is 4.79 Å². The lowest BCUT2D eigenvalue weighted by Crippen LogP contribution is -2.22. The molecule has 0 spiro atoms. The zero-order valence-electron chi connectivity index (χ0n) is 14.1. The number of hydrogen-bond acceptors (Lipinski definition) is 3. The van der Waals surface area contributed by atoms with E-state index in [4.69, 9.17) is 9.72 Å². The van der Waals surface area contributed by atoms with E-state index in [-0.39, 0.29) is 11.5 Å². The van der Waals surface area contributed by atoms with Gasteiger partial charge in [-0.05, 0) is 37.5 Å². The molecule has 0 aliphatic carbocycles. The fourth-order valence-electron chi connectivity index (χ4n) is 3.07. The fourth-order valence-corrected chi connectivity index (χ4v) is 3.07. The number of H-pyrrole nitrogens is 1. The smallest absolute Gasteiger partial charge is 0.276 e. The van der Waals surface area contributed by atoms with Crippen molar-refractivity contribution < 1.29 is 4.74 Å². The highest BCUT2D eigenvalue weighted by Crippen LogP contribution is 2.29. The summed E-state index contributed by atoms with van der Waals surface area (Å²) < 4.78 is 6.76. The predicted octanol–water partition coefficient (Wildman–Crippen LogP) is 3.44. The summed E-state index contributed by atoms with van der Waals surface area (Å²) in [5, 5.41) is 3.16. The quantitative estimate of drug-likeness (QED) is 0.806. The number of methoxy groups -OCH3 is 1. The Labute approximate surface area is 134 Å². The second kappa shape index (κ2) is 5.57. The predicted molar refractivity (Wildman–Crippen MR) is 91.4 cm³/mol. The van der Waals surface area contributed by atoms with Crippen LogP contribution in [0.2, 0.25) is 0 Å². The summed E-state index contributed by atoms with van der Waals surface area (Å²) in [4.78, 5) is 17.5. The molecule has 3 aromatic rings. The molecule has 5 heteroatoms. The van der Waals surface area contributed by atoms with Gasteiger partial charge in [-0.15, -0.1) is 0 Å². The third kappa shape index (κ3) is 2.42. The molecule has 120 valence electrons. The third-order valence-electron chi connectivity index (χ3n) is 4.14. The molecule has 0 saturated heterocycles. The van der Waals surface area contributed by atoms with E-state index < -0.39 is 0 Å². The Bertz CT molecular complexity index is 918. The largest absolute Gasteiger partial charge is 0.497 e. The van der Waals surface area contributed by atoms with Crippen molar-refractivity contribution >= 4 is 5.65 Å². The summed E-state index contributed by atoms with van der Waals surface area (Å²) in [6.07, 6.45) is 0. The van der Waals surface area contributed by atoms with Crippen LogP contribution in [0.1, 0.15) is 36.7 Å². The van der Waals surface area contributed by atoms with E-state index in [1.165, 1.54) is 0 Å². The van der Waals surface area contributed by atoms with Crippen molar-refractivity contribution in [3.63, 3.8) is 0 Å². The van der Waals surface area contributed by atoms with Crippen molar-refractivity contribution in [2.24, 2.45) is 0 Å². The molecule has 2 aromatic heterocycles. The van der Waals surface area contributed by atoms with Gasteiger partial charge in [-0.1, -0.05) is 26.0 Å². The minimum atomic E-state index is -0.0228. The van der Waals surface area contributed by atoms with Crippen molar-refractivity contribution in [2.75, 3.05) is 7.11 Å². The van der Waals surface area contributed by atoms with Crippen LogP contribution in [0.15, 0.2) is 29.1 Å². The number of fused-ring (bicyclic) bond motifs is 1. The van der Waals surface area contributed by atoms with Gasteiger partial charge in [-0.2, -0.15) is 0 Å². The summed E-state index contributed by atoms with van der Waals surface area (Å²) in [5.74, 6) is 0.939. The van der Waals surface area contributed by atoms with E-state index in [1.54, 1.807) is 11.6 Å². The highest BCUT2D eigenvalue weighted by Gasteiger charge is 2.18. The van der Waals surface area contributed by atoms with Crippen LogP contribution in [0.5, 0.6) is 5.75 Å². The maximum Gasteiger partial charge on any atom is 0.276 e. The monoisotopic (exact) mass is 311 g/mol. The second-order valence-electron chi connectivity index (χ2n) is 6.07. The van der Waals surface area contributed by atoms with E-state index in [0.717, 1.165) is 33.8 Å². The molecule has 5 nitrogen and oxygen atoms in total. The highest BCUT2D eigenvalue weighted by atomic mass is 16.5. The molecule has 0 fully saturated rings. The number of hydrogen-bond donors (Lipinski definition) is 1. The van der Waals surface area contributed by atoms with Gasteiger partial charge in [0, 0.05) is 22.5 Å². The number of aromatic nitrogens is 3. The first-order valence-electron chi connectivity index (χ1n) is 7.70. The van der Waals surface area contributed by atoms with Crippen LogP contribution in [-0.4, -0.2) is 21.7 Å². The van der Waals surface area contributed by atoms with Gasteiger partial charge in [0.15, 0.2) is 5.65 Å². The van der Waals surface area contributed by atoms with Gasteiger partial charge in [0.1, 0.15) is 5.75 Å². The minimum absolute atomic E-state index is 0.0228. The average Bonchev–Trinajstić information content (AvgIpc) is 2.83. The molecular weight excluding hydrogens is 290 g/mol. The molecule has 0 bridgehead atoms. The fraction of sp³-hybridized carbons (Fsp3) is 0.333. The Balaban J connectivity index is 2.30. The van der Waals surface area contributed by atoms with Gasteiger partial charge >= 0.3 is 0 Å². The van der Waals surface area contributed by atoms with Gasteiger partial charge in [-0.3, -0.25) is 9.89 Å². The zero-order chi connectivity index (χ0) is 16.7. The number of nitrogens with one attached hydrogen (secondary N) is 1. The lowest BCUT2D eigenvalue weighted by molar-refractivity contribution is 0.415. The highest BCUT2D eigenvalue weighted by molar-refractivity contribution is 5.80. The number of aromatic amines is 1. The lowest BCUT2D eigenvalue weighted by atomic mass is 10.0. The molecule has 0 aliphatic rings. The summed E-state index contributed by atoms with van der Waals surface area (Å²) >= 11 is 0. The van der Waals surface area contributed by atoms with Crippen molar-refractivity contribution in [3.8, 4) is 16.9 Å². The van der Waals surface area contributed by atoms with E-state index in [1.807, 2.05) is 52.0 Å². The minimum Gasteiger partial charge on any atom is -0.497 e. The summed E-state index contributed by atoms with van der Waals surface area (Å²) in [6.45, 7) is 7.88. The van der Waals surface area contributed by atoms with E-state index in [2.05, 4.69) is 5.10 Å². The molecule has 0 amide bonds. The number of ether oxygens (including phenoxy) is 1. The molecule has 23 heavy (non-hydrogen) atoms. The van der Waals surface area contributed by atoms with Crippen molar-refractivity contribution in [3.05, 3.63) is 51.6 Å². The first-order chi connectivity index (χ1) is 10.9. The standard InChI is InChI=1S/C18H21N3O2/c1-10(2)15-11(3)19-17-16(12(4)20-21(17)18(15)22)13-6-8-14(23-5)9-7-13/h6-10,20H,1-5H3. The Morgan fingerprint density at radius 2 is 1.83 bits per heavy atom. The van der Waals surface area contributed by atoms with Crippen LogP contribution < -0.4 is 10.3 Å². The van der Waals surface area contributed by atoms with Crippen molar-refractivity contribution in [1.29, 1.82) is 0 Å². The van der Waals surface area contributed by atoms with Crippen molar-refractivity contribution in [1.82, 2.24) is 14.6 Å². The van der Waals surface area contributed by atoms with Crippen LogP contribution in [0.4, 0.5) is 0 Å². The van der Waals surface area contributed by atoms with Crippen LogP contribution in [-0.2, 0) is 0 Å². The average molecular weight is 311 g/mol. The normalized spacial score (nSPS) is 11.4. The SMILES string of the molecule is COc1ccc(-c2c(C)[nH]n3c(=O)c(C(C)C)c(C)nc23)cc1. The molecule has 2 heterocycles. The Morgan fingerprint density at radius 3 is 2.39 bits per heavy atom. The molecule has 0 radical (unpaired) electrons. The van der Waals surface area contributed by atoms with Gasteiger partial charge in [-0.25, -0.2) is 9.50 Å². The first kappa shape index (κ1) is 15.3. The molecule has 0 unspecified atom stereocenters. The molecule has 3 rings (SSSR count).